The van der Waals surface area contributed by atoms with Crippen LogP contribution in [0, 0.1) is 11.8 Å². The van der Waals surface area contributed by atoms with Crippen molar-refractivity contribution >= 4 is 0 Å². The van der Waals surface area contributed by atoms with Gasteiger partial charge >= 0.3 is 6.18 Å². The third-order valence-electron chi connectivity index (χ3n) is 5.78. The minimum absolute atomic E-state index is 0.526. The molecule has 0 spiro atoms. The molecule has 180 valence electrons. The summed E-state index contributed by atoms with van der Waals surface area (Å²) in [7, 11) is 0. The molecule has 1 nitrogen and oxygen atoms in total. The Morgan fingerprint density at radius 3 is 1.67 bits per heavy atom. The summed E-state index contributed by atoms with van der Waals surface area (Å²) < 4.78 is 37.8. The van der Waals surface area contributed by atoms with E-state index in [1.165, 1.54) is 76.3 Å². The maximum absolute atomic E-state index is 12.6. The lowest BCUT2D eigenvalue weighted by Gasteiger charge is -2.08. The molecule has 0 aromatic heterocycles. The van der Waals surface area contributed by atoms with Gasteiger partial charge in [-0.25, -0.2) is 0 Å². The van der Waals surface area contributed by atoms with Crippen LogP contribution in [-0.4, -0.2) is 0 Å². The number of rotatable bonds is 14. The number of nitrogens with one attached hydrogen (secondary N) is 1. The van der Waals surface area contributed by atoms with Gasteiger partial charge in [-0.05, 0) is 41.8 Å². The van der Waals surface area contributed by atoms with Crippen LogP contribution in [0.4, 0.5) is 13.2 Å². The van der Waals surface area contributed by atoms with Crippen molar-refractivity contribution in [1.29, 1.82) is 0 Å². The Bertz CT molecular complexity index is 826. The highest BCUT2D eigenvalue weighted by molar-refractivity contribution is 5.36. The summed E-state index contributed by atoms with van der Waals surface area (Å²) >= 11 is 0. The van der Waals surface area contributed by atoms with Crippen LogP contribution in [0.1, 0.15) is 99.8 Å². The molecule has 0 aliphatic rings. The fraction of sp³-hybridized carbons (Fsp3) is 0.517. The van der Waals surface area contributed by atoms with E-state index in [9.17, 15) is 13.2 Å². The van der Waals surface area contributed by atoms with Gasteiger partial charge in [0.25, 0.3) is 0 Å². The molecule has 0 aliphatic carbocycles. The Kier molecular flexibility index (Phi) is 12.7. The van der Waals surface area contributed by atoms with Crippen molar-refractivity contribution in [2.75, 3.05) is 0 Å². The van der Waals surface area contributed by atoms with Crippen molar-refractivity contribution in [3.05, 3.63) is 70.8 Å². The number of benzene rings is 2. The van der Waals surface area contributed by atoms with Gasteiger partial charge in [0.05, 0.1) is 5.56 Å². The predicted molar refractivity (Wildman–Crippen MR) is 132 cm³/mol. The van der Waals surface area contributed by atoms with Gasteiger partial charge in [-0.2, -0.15) is 13.2 Å². The normalized spacial score (nSPS) is 11.3. The van der Waals surface area contributed by atoms with Gasteiger partial charge in [0.2, 0.25) is 0 Å². The van der Waals surface area contributed by atoms with E-state index in [0.29, 0.717) is 13.1 Å². The first kappa shape index (κ1) is 27.0. The van der Waals surface area contributed by atoms with Gasteiger partial charge in [0.1, 0.15) is 0 Å². The SMILES string of the molecule is CCCCCCCCCCCCC#Cc1ccc(CNCc2ccc(C(F)(F)F)cc2)cc1. The number of hydrogen-bond donors (Lipinski definition) is 1. The van der Waals surface area contributed by atoms with Crippen molar-refractivity contribution in [1.82, 2.24) is 5.32 Å². The van der Waals surface area contributed by atoms with Gasteiger partial charge in [-0.15, -0.1) is 0 Å². The van der Waals surface area contributed by atoms with Crippen molar-refractivity contribution in [2.24, 2.45) is 0 Å². The first-order valence-electron chi connectivity index (χ1n) is 12.4. The molecule has 4 heteroatoms. The Hall–Kier alpha value is -2.25. The summed E-state index contributed by atoms with van der Waals surface area (Å²) in [6, 6.07) is 13.4. The number of alkyl halides is 3. The van der Waals surface area contributed by atoms with Crippen LogP contribution in [-0.2, 0) is 19.3 Å². The van der Waals surface area contributed by atoms with Crippen LogP contribution in [0.3, 0.4) is 0 Å². The zero-order valence-corrected chi connectivity index (χ0v) is 19.9. The molecule has 0 radical (unpaired) electrons. The molecule has 0 fully saturated rings. The molecule has 2 aromatic carbocycles. The van der Waals surface area contributed by atoms with Crippen molar-refractivity contribution in [3.63, 3.8) is 0 Å². The molecule has 2 rings (SSSR count). The molecule has 1 N–H and O–H groups in total. The second-order valence-corrected chi connectivity index (χ2v) is 8.73. The van der Waals surface area contributed by atoms with E-state index in [4.69, 9.17) is 0 Å². The zero-order chi connectivity index (χ0) is 23.8. The molecule has 0 unspecified atom stereocenters. The van der Waals surface area contributed by atoms with Crippen LogP contribution in [0.2, 0.25) is 0 Å². The van der Waals surface area contributed by atoms with E-state index in [1.54, 1.807) is 0 Å². The minimum atomic E-state index is -4.29. The molecule has 0 saturated heterocycles. The second-order valence-electron chi connectivity index (χ2n) is 8.73. The Balaban J connectivity index is 1.56. The van der Waals surface area contributed by atoms with Crippen LogP contribution in [0.5, 0.6) is 0 Å². The minimum Gasteiger partial charge on any atom is -0.309 e. The second kappa shape index (κ2) is 15.6. The van der Waals surface area contributed by atoms with E-state index >= 15 is 0 Å². The van der Waals surface area contributed by atoms with Crippen LogP contribution < -0.4 is 5.32 Å². The summed E-state index contributed by atoms with van der Waals surface area (Å²) in [5.74, 6) is 6.52. The first-order valence-corrected chi connectivity index (χ1v) is 12.4. The van der Waals surface area contributed by atoms with E-state index in [2.05, 4.69) is 24.1 Å². The average molecular weight is 458 g/mol. The predicted octanol–water partition coefficient (Wildman–Crippen LogP) is 8.66. The van der Waals surface area contributed by atoms with Gasteiger partial charge in [0.15, 0.2) is 0 Å². The molecular weight excluding hydrogens is 419 g/mol. The topological polar surface area (TPSA) is 12.0 Å². The highest BCUT2D eigenvalue weighted by Crippen LogP contribution is 2.29. The molecule has 33 heavy (non-hydrogen) atoms. The highest BCUT2D eigenvalue weighted by Gasteiger charge is 2.29. The molecule has 0 atom stereocenters. The number of hydrogen-bond acceptors (Lipinski definition) is 1. The summed E-state index contributed by atoms with van der Waals surface area (Å²) in [5, 5.41) is 3.27. The lowest BCUT2D eigenvalue weighted by atomic mass is 10.1. The molecule has 0 bridgehead atoms. The van der Waals surface area contributed by atoms with Gasteiger partial charge < -0.3 is 5.32 Å². The summed E-state index contributed by atoms with van der Waals surface area (Å²) in [4.78, 5) is 0. The monoisotopic (exact) mass is 457 g/mol. The van der Waals surface area contributed by atoms with E-state index in [-0.39, 0.29) is 0 Å². The fourth-order valence-corrected chi connectivity index (χ4v) is 3.73. The van der Waals surface area contributed by atoms with Crippen LogP contribution in [0.15, 0.2) is 48.5 Å². The highest BCUT2D eigenvalue weighted by atomic mass is 19.4. The Morgan fingerprint density at radius 2 is 1.15 bits per heavy atom. The maximum atomic E-state index is 12.6. The molecule has 2 aromatic rings. The fourth-order valence-electron chi connectivity index (χ4n) is 3.73. The third kappa shape index (κ3) is 12.0. The zero-order valence-electron chi connectivity index (χ0n) is 19.9. The van der Waals surface area contributed by atoms with E-state index in [1.807, 2.05) is 24.3 Å². The molecule has 0 amide bonds. The van der Waals surface area contributed by atoms with Crippen molar-refractivity contribution in [2.45, 2.75) is 96.8 Å². The number of halogens is 3. The standard InChI is InChI=1S/C29H38F3N/c1-2-3-4-5-6-7-8-9-10-11-12-13-14-25-15-17-26(18-16-25)23-33-24-27-19-21-28(22-20-27)29(30,31)32/h15-22,33H,2-12,23-24H2,1H3. The molecular formula is C29H38F3N. The van der Waals surface area contributed by atoms with E-state index in [0.717, 1.165) is 35.2 Å². The first-order chi connectivity index (χ1) is 16.0. The van der Waals surface area contributed by atoms with E-state index < -0.39 is 11.7 Å². The summed E-state index contributed by atoms with van der Waals surface area (Å²) in [5.41, 5.74) is 2.37. The van der Waals surface area contributed by atoms with Crippen LogP contribution >= 0.6 is 0 Å². The van der Waals surface area contributed by atoms with Gasteiger partial charge in [-0.1, -0.05) is 101 Å². The quantitative estimate of drug-likeness (QED) is 0.221. The van der Waals surface area contributed by atoms with Gasteiger partial charge in [0, 0.05) is 25.1 Å². The van der Waals surface area contributed by atoms with Crippen LogP contribution in [0.25, 0.3) is 0 Å². The van der Waals surface area contributed by atoms with Crippen molar-refractivity contribution in [3.8, 4) is 11.8 Å². The lowest BCUT2D eigenvalue weighted by Crippen LogP contribution is -2.13. The molecule has 0 aliphatic heterocycles. The largest absolute Gasteiger partial charge is 0.416 e. The third-order valence-corrected chi connectivity index (χ3v) is 5.78. The summed E-state index contributed by atoms with van der Waals surface area (Å²) in [6.45, 7) is 3.44. The maximum Gasteiger partial charge on any atom is 0.416 e. The Morgan fingerprint density at radius 1 is 0.667 bits per heavy atom. The Labute approximate surface area is 198 Å². The smallest absolute Gasteiger partial charge is 0.309 e. The molecule has 0 heterocycles. The van der Waals surface area contributed by atoms with Gasteiger partial charge in [-0.3, -0.25) is 0 Å². The average Bonchev–Trinajstić information content (AvgIpc) is 2.80. The van der Waals surface area contributed by atoms with Crippen molar-refractivity contribution < 1.29 is 13.2 Å². The molecule has 0 saturated carbocycles. The summed E-state index contributed by atoms with van der Waals surface area (Å²) in [6.07, 6.45) is 10.0. The number of unbranched alkanes of at least 4 members (excludes halogenated alkanes) is 10. The lowest BCUT2D eigenvalue weighted by molar-refractivity contribution is -0.137.